The van der Waals surface area contributed by atoms with Crippen molar-refractivity contribution in [2.24, 2.45) is 0 Å². The van der Waals surface area contributed by atoms with E-state index in [2.05, 4.69) is 6.92 Å². The van der Waals surface area contributed by atoms with Crippen LogP contribution in [0.5, 0.6) is 5.75 Å². The van der Waals surface area contributed by atoms with Gasteiger partial charge in [-0.2, -0.15) is 0 Å². The maximum absolute atomic E-state index is 13.4. The molecule has 1 aromatic heterocycles. The molecule has 1 aliphatic rings. The van der Waals surface area contributed by atoms with Gasteiger partial charge in [0.1, 0.15) is 11.3 Å². The summed E-state index contributed by atoms with van der Waals surface area (Å²) < 4.78 is 11.8. The Kier molecular flexibility index (Phi) is 5.88. The molecule has 0 radical (unpaired) electrons. The molecule has 0 saturated heterocycles. The highest BCUT2D eigenvalue weighted by atomic mass is 16.5. The molecule has 30 heavy (non-hydrogen) atoms. The molecule has 0 fully saturated rings. The van der Waals surface area contributed by atoms with Crippen molar-refractivity contribution in [1.82, 2.24) is 4.90 Å². The Morgan fingerprint density at radius 1 is 1.00 bits per heavy atom. The third-order valence-corrected chi connectivity index (χ3v) is 5.53. The minimum absolute atomic E-state index is 0.141. The number of fused-ring (bicyclic) bond motifs is 2. The van der Waals surface area contributed by atoms with Gasteiger partial charge in [0.15, 0.2) is 5.43 Å². The molecule has 3 aromatic rings. The van der Waals surface area contributed by atoms with Crippen LogP contribution in [0.15, 0.2) is 57.7 Å². The van der Waals surface area contributed by atoms with Crippen LogP contribution in [0.1, 0.15) is 67.3 Å². The molecule has 0 spiro atoms. The van der Waals surface area contributed by atoms with Crippen LogP contribution in [0.2, 0.25) is 0 Å². The molecule has 2 heterocycles. The van der Waals surface area contributed by atoms with Crippen LogP contribution in [0.25, 0.3) is 11.0 Å². The van der Waals surface area contributed by atoms with Crippen molar-refractivity contribution in [2.45, 2.75) is 45.6 Å². The summed E-state index contributed by atoms with van der Waals surface area (Å²) in [7, 11) is 0. The number of rotatable bonds is 8. The summed E-state index contributed by atoms with van der Waals surface area (Å²) >= 11 is 0. The monoisotopic (exact) mass is 405 g/mol. The molecule has 0 saturated carbocycles. The normalized spacial score (nSPS) is 15.6. The first-order valence-corrected chi connectivity index (χ1v) is 10.7. The van der Waals surface area contributed by atoms with Gasteiger partial charge >= 0.3 is 0 Å². The SMILES string of the molecule is CCCCCOc1cccc(C2c3c(oc4ccccc4c3=O)C(=O)N2CCC)c1. The summed E-state index contributed by atoms with van der Waals surface area (Å²) in [5.41, 5.74) is 1.60. The van der Waals surface area contributed by atoms with Gasteiger partial charge in [0, 0.05) is 6.54 Å². The van der Waals surface area contributed by atoms with Gasteiger partial charge in [0.25, 0.3) is 5.91 Å². The van der Waals surface area contributed by atoms with Gasteiger partial charge in [-0.25, -0.2) is 0 Å². The molecule has 1 unspecified atom stereocenters. The van der Waals surface area contributed by atoms with E-state index in [0.717, 1.165) is 37.0 Å². The number of unbranched alkanes of at least 4 members (excludes halogenated alkanes) is 2. The van der Waals surface area contributed by atoms with Crippen molar-refractivity contribution in [2.75, 3.05) is 13.2 Å². The number of benzene rings is 2. The number of hydrogen-bond acceptors (Lipinski definition) is 4. The van der Waals surface area contributed by atoms with Crippen LogP contribution in [0, 0.1) is 0 Å². The van der Waals surface area contributed by atoms with E-state index in [1.165, 1.54) is 0 Å². The molecule has 2 aromatic carbocycles. The summed E-state index contributed by atoms with van der Waals surface area (Å²) in [6, 6.07) is 14.3. The number of para-hydroxylation sites is 1. The molecule has 1 amide bonds. The van der Waals surface area contributed by atoms with Crippen molar-refractivity contribution in [3.63, 3.8) is 0 Å². The van der Waals surface area contributed by atoms with Gasteiger partial charge in [-0.05, 0) is 42.7 Å². The lowest BCUT2D eigenvalue weighted by Gasteiger charge is -2.25. The minimum atomic E-state index is -0.465. The molecule has 156 valence electrons. The molecule has 5 nitrogen and oxygen atoms in total. The first-order valence-electron chi connectivity index (χ1n) is 10.7. The lowest BCUT2D eigenvalue weighted by atomic mass is 9.98. The zero-order valence-electron chi connectivity index (χ0n) is 17.5. The fourth-order valence-corrected chi connectivity index (χ4v) is 4.10. The number of amides is 1. The predicted molar refractivity (Wildman–Crippen MR) is 117 cm³/mol. The minimum Gasteiger partial charge on any atom is -0.494 e. The number of nitrogens with zero attached hydrogens (tertiary/aromatic N) is 1. The van der Waals surface area contributed by atoms with E-state index >= 15 is 0 Å². The molecule has 0 aliphatic carbocycles. The topological polar surface area (TPSA) is 59.8 Å². The van der Waals surface area contributed by atoms with Gasteiger partial charge in [-0.1, -0.05) is 51.0 Å². The van der Waals surface area contributed by atoms with Crippen LogP contribution >= 0.6 is 0 Å². The molecule has 1 atom stereocenters. The Bertz CT molecular complexity index is 1120. The van der Waals surface area contributed by atoms with Crippen LogP contribution in [-0.2, 0) is 0 Å². The number of ether oxygens (including phenoxy) is 1. The summed E-state index contributed by atoms with van der Waals surface area (Å²) in [4.78, 5) is 28.3. The van der Waals surface area contributed by atoms with Gasteiger partial charge in [-0.3, -0.25) is 9.59 Å². The zero-order chi connectivity index (χ0) is 21.1. The average Bonchev–Trinajstić information content (AvgIpc) is 3.04. The van der Waals surface area contributed by atoms with E-state index in [0.29, 0.717) is 29.7 Å². The smallest absolute Gasteiger partial charge is 0.290 e. The highest BCUT2D eigenvalue weighted by Gasteiger charge is 2.42. The van der Waals surface area contributed by atoms with Crippen molar-refractivity contribution in [3.05, 3.63) is 75.6 Å². The van der Waals surface area contributed by atoms with Gasteiger partial charge in [-0.15, -0.1) is 0 Å². The zero-order valence-corrected chi connectivity index (χ0v) is 17.5. The Balaban J connectivity index is 1.78. The lowest BCUT2D eigenvalue weighted by Crippen LogP contribution is -2.30. The molecular formula is C25H27NO4. The maximum Gasteiger partial charge on any atom is 0.290 e. The quantitative estimate of drug-likeness (QED) is 0.476. The highest BCUT2D eigenvalue weighted by Crippen LogP contribution is 2.39. The van der Waals surface area contributed by atoms with Crippen molar-refractivity contribution in [1.29, 1.82) is 0 Å². The molecule has 1 aliphatic heterocycles. The fourth-order valence-electron chi connectivity index (χ4n) is 4.10. The van der Waals surface area contributed by atoms with Crippen molar-refractivity contribution >= 4 is 16.9 Å². The summed E-state index contributed by atoms with van der Waals surface area (Å²) in [6.45, 7) is 5.38. The number of carbonyl (C=O) groups is 1. The first-order chi connectivity index (χ1) is 14.7. The first kappa shape index (κ1) is 20.2. The molecule has 0 N–H and O–H groups in total. The fraction of sp³-hybridized carbons (Fsp3) is 0.360. The Morgan fingerprint density at radius 2 is 1.83 bits per heavy atom. The van der Waals surface area contributed by atoms with Crippen LogP contribution in [-0.4, -0.2) is 24.0 Å². The van der Waals surface area contributed by atoms with E-state index in [9.17, 15) is 9.59 Å². The van der Waals surface area contributed by atoms with Crippen LogP contribution in [0.4, 0.5) is 0 Å². The van der Waals surface area contributed by atoms with E-state index in [1.54, 1.807) is 23.1 Å². The van der Waals surface area contributed by atoms with E-state index < -0.39 is 6.04 Å². The second-order valence-electron chi connectivity index (χ2n) is 7.70. The van der Waals surface area contributed by atoms with Crippen LogP contribution < -0.4 is 10.2 Å². The van der Waals surface area contributed by atoms with Gasteiger partial charge in [0.2, 0.25) is 5.76 Å². The lowest BCUT2D eigenvalue weighted by molar-refractivity contribution is 0.0728. The Labute approximate surface area is 176 Å². The standard InChI is InChI=1S/C25H27NO4/c1-3-5-8-15-29-18-11-9-10-17(16-18)22-21-23(27)19-12-6-7-13-20(19)30-24(21)25(28)26(22)14-4-2/h6-7,9-13,16,22H,3-5,8,14-15H2,1-2H3. The number of hydrogen-bond donors (Lipinski definition) is 0. The van der Waals surface area contributed by atoms with Crippen molar-refractivity contribution < 1.29 is 13.9 Å². The second kappa shape index (κ2) is 8.74. The molecular weight excluding hydrogens is 378 g/mol. The highest BCUT2D eigenvalue weighted by molar-refractivity contribution is 5.99. The Morgan fingerprint density at radius 3 is 2.63 bits per heavy atom. The average molecular weight is 405 g/mol. The van der Waals surface area contributed by atoms with Gasteiger partial charge < -0.3 is 14.1 Å². The van der Waals surface area contributed by atoms with E-state index in [4.69, 9.17) is 9.15 Å². The van der Waals surface area contributed by atoms with Crippen LogP contribution in [0.3, 0.4) is 0 Å². The van der Waals surface area contributed by atoms with Gasteiger partial charge in [0.05, 0.1) is 23.6 Å². The Hall–Kier alpha value is -3.08. The molecule has 0 bridgehead atoms. The summed E-state index contributed by atoms with van der Waals surface area (Å²) in [5, 5.41) is 0.499. The van der Waals surface area contributed by atoms with Crippen molar-refractivity contribution in [3.8, 4) is 5.75 Å². The largest absolute Gasteiger partial charge is 0.494 e. The molecule has 5 heteroatoms. The number of carbonyl (C=O) groups excluding carboxylic acids is 1. The maximum atomic E-state index is 13.4. The third-order valence-electron chi connectivity index (χ3n) is 5.53. The molecule has 4 rings (SSSR count). The van der Waals surface area contributed by atoms with E-state index in [1.807, 2.05) is 37.3 Å². The summed E-state index contributed by atoms with van der Waals surface area (Å²) in [5.74, 6) is 0.687. The third kappa shape index (κ3) is 3.60. The predicted octanol–water partition coefficient (Wildman–Crippen LogP) is 5.32. The van der Waals surface area contributed by atoms with E-state index in [-0.39, 0.29) is 17.1 Å². The summed E-state index contributed by atoms with van der Waals surface area (Å²) in [6.07, 6.45) is 4.06. The second-order valence-corrected chi connectivity index (χ2v) is 7.70.